The number of fused-ring (bicyclic) bond motifs is 1. The predicted octanol–water partition coefficient (Wildman–Crippen LogP) is 2.18. The minimum absolute atomic E-state index is 0.591. The second-order valence-electron chi connectivity index (χ2n) is 4.90. The second-order valence-corrected chi connectivity index (χ2v) is 4.90. The normalized spacial score (nSPS) is 13.7. The van der Waals surface area contributed by atoms with Crippen LogP contribution in [-0.4, -0.2) is 23.6 Å². The summed E-state index contributed by atoms with van der Waals surface area (Å²) >= 11 is 0. The van der Waals surface area contributed by atoms with Crippen LogP contribution in [0.5, 0.6) is 5.88 Å². The molecule has 1 aliphatic heterocycles. The minimum atomic E-state index is 0.591. The largest absolute Gasteiger partial charge is 0.481 e. The highest BCUT2D eigenvalue weighted by Gasteiger charge is 2.18. The Labute approximate surface area is 118 Å². The first-order chi connectivity index (χ1) is 9.76. The SMILES string of the molecule is COc1nc(Nc2cccc(C)c2)nc2c1CNCC2. The van der Waals surface area contributed by atoms with Crippen LogP contribution in [0.2, 0.25) is 0 Å². The summed E-state index contributed by atoms with van der Waals surface area (Å²) in [5.74, 6) is 1.24. The molecular weight excluding hydrogens is 252 g/mol. The molecule has 2 aromatic rings. The highest BCUT2D eigenvalue weighted by molar-refractivity contribution is 5.55. The van der Waals surface area contributed by atoms with Gasteiger partial charge in [0.05, 0.1) is 12.8 Å². The van der Waals surface area contributed by atoms with Crippen molar-refractivity contribution in [3.8, 4) is 5.88 Å². The Morgan fingerprint density at radius 1 is 1.30 bits per heavy atom. The smallest absolute Gasteiger partial charge is 0.230 e. The zero-order valence-corrected chi connectivity index (χ0v) is 11.7. The van der Waals surface area contributed by atoms with E-state index < -0.39 is 0 Å². The van der Waals surface area contributed by atoms with Gasteiger partial charge in [0, 0.05) is 30.8 Å². The molecule has 0 unspecified atom stereocenters. The van der Waals surface area contributed by atoms with E-state index in [1.807, 2.05) is 12.1 Å². The molecule has 5 nitrogen and oxygen atoms in total. The van der Waals surface area contributed by atoms with Gasteiger partial charge in [0.25, 0.3) is 0 Å². The van der Waals surface area contributed by atoms with Gasteiger partial charge in [-0.1, -0.05) is 12.1 Å². The standard InChI is InChI=1S/C15H18N4O/c1-10-4-3-5-11(8-10)17-15-18-13-6-7-16-9-12(13)14(19-15)20-2/h3-5,8,16H,6-7,9H2,1-2H3,(H,17,18,19). The molecule has 5 heteroatoms. The Morgan fingerprint density at radius 3 is 3.00 bits per heavy atom. The van der Waals surface area contributed by atoms with Gasteiger partial charge in [0.1, 0.15) is 0 Å². The molecule has 0 saturated carbocycles. The lowest BCUT2D eigenvalue weighted by molar-refractivity contribution is 0.386. The van der Waals surface area contributed by atoms with Gasteiger partial charge in [-0.25, -0.2) is 4.98 Å². The van der Waals surface area contributed by atoms with Gasteiger partial charge < -0.3 is 15.4 Å². The van der Waals surface area contributed by atoms with Crippen molar-refractivity contribution in [1.29, 1.82) is 0 Å². The van der Waals surface area contributed by atoms with Gasteiger partial charge in [-0.2, -0.15) is 4.98 Å². The zero-order valence-electron chi connectivity index (χ0n) is 11.7. The summed E-state index contributed by atoms with van der Waals surface area (Å²) in [7, 11) is 1.65. The average Bonchev–Trinajstić information content (AvgIpc) is 2.46. The number of ether oxygens (including phenoxy) is 1. The third-order valence-corrected chi connectivity index (χ3v) is 3.36. The first-order valence-corrected chi connectivity index (χ1v) is 6.74. The average molecular weight is 270 g/mol. The monoisotopic (exact) mass is 270 g/mol. The lowest BCUT2D eigenvalue weighted by Gasteiger charge is -2.19. The number of rotatable bonds is 3. The molecule has 0 spiro atoms. The summed E-state index contributed by atoms with van der Waals surface area (Å²) in [6.45, 7) is 3.77. The number of hydrogen-bond donors (Lipinski definition) is 2. The molecule has 2 N–H and O–H groups in total. The number of aromatic nitrogens is 2. The Balaban J connectivity index is 1.94. The molecule has 1 aliphatic rings. The fourth-order valence-electron chi connectivity index (χ4n) is 2.39. The maximum absolute atomic E-state index is 5.38. The molecular formula is C15H18N4O. The Morgan fingerprint density at radius 2 is 2.20 bits per heavy atom. The van der Waals surface area contributed by atoms with Crippen LogP contribution in [0.3, 0.4) is 0 Å². The van der Waals surface area contributed by atoms with Gasteiger partial charge in [-0.15, -0.1) is 0 Å². The minimum Gasteiger partial charge on any atom is -0.481 e. The molecule has 104 valence electrons. The van der Waals surface area contributed by atoms with Crippen molar-refractivity contribution in [3.63, 3.8) is 0 Å². The maximum atomic E-state index is 5.38. The summed E-state index contributed by atoms with van der Waals surface area (Å²) in [6, 6.07) is 8.14. The van der Waals surface area contributed by atoms with Crippen LogP contribution in [0.25, 0.3) is 0 Å². The number of nitrogens with one attached hydrogen (secondary N) is 2. The topological polar surface area (TPSA) is 59.1 Å². The molecule has 0 saturated heterocycles. The number of anilines is 2. The van der Waals surface area contributed by atoms with Crippen LogP contribution < -0.4 is 15.4 Å². The van der Waals surface area contributed by atoms with Crippen molar-refractivity contribution in [3.05, 3.63) is 41.1 Å². The van der Waals surface area contributed by atoms with Crippen molar-refractivity contribution in [1.82, 2.24) is 15.3 Å². The number of benzene rings is 1. The third-order valence-electron chi connectivity index (χ3n) is 3.36. The van der Waals surface area contributed by atoms with Gasteiger partial charge in [-0.3, -0.25) is 0 Å². The van der Waals surface area contributed by atoms with Crippen LogP contribution in [0, 0.1) is 6.92 Å². The van der Waals surface area contributed by atoms with E-state index in [1.165, 1.54) is 5.56 Å². The zero-order chi connectivity index (χ0) is 13.9. The maximum Gasteiger partial charge on any atom is 0.230 e. The van der Waals surface area contributed by atoms with Crippen LogP contribution in [-0.2, 0) is 13.0 Å². The molecule has 1 aromatic carbocycles. The number of nitrogens with zero attached hydrogens (tertiary/aromatic N) is 2. The van der Waals surface area contributed by atoms with E-state index in [-0.39, 0.29) is 0 Å². The van der Waals surface area contributed by atoms with E-state index in [0.29, 0.717) is 11.8 Å². The van der Waals surface area contributed by atoms with E-state index >= 15 is 0 Å². The lowest BCUT2D eigenvalue weighted by atomic mass is 10.1. The van der Waals surface area contributed by atoms with Crippen molar-refractivity contribution >= 4 is 11.6 Å². The van der Waals surface area contributed by atoms with Gasteiger partial charge in [0.15, 0.2) is 0 Å². The Bertz CT molecular complexity index is 610. The fourth-order valence-corrected chi connectivity index (χ4v) is 2.39. The first-order valence-electron chi connectivity index (χ1n) is 6.74. The van der Waals surface area contributed by atoms with Gasteiger partial charge in [0.2, 0.25) is 11.8 Å². The van der Waals surface area contributed by atoms with Crippen LogP contribution in [0.1, 0.15) is 16.8 Å². The summed E-state index contributed by atoms with van der Waals surface area (Å²) in [5, 5.41) is 6.56. The van der Waals surface area contributed by atoms with Crippen molar-refractivity contribution < 1.29 is 4.74 Å². The van der Waals surface area contributed by atoms with E-state index in [2.05, 4.69) is 39.7 Å². The number of methoxy groups -OCH3 is 1. The van der Waals surface area contributed by atoms with E-state index in [0.717, 1.165) is 36.5 Å². The predicted molar refractivity (Wildman–Crippen MR) is 78.5 cm³/mol. The second kappa shape index (κ2) is 5.46. The van der Waals surface area contributed by atoms with Crippen molar-refractivity contribution in [2.75, 3.05) is 19.0 Å². The van der Waals surface area contributed by atoms with Crippen molar-refractivity contribution in [2.45, 2.75) is 19.9 Å². The summed E-state index contributed by atoms with van der Waals surface area (Å²) in [6.07, 6.45) is 0.900. The molecule has 0 bridgehead atoms. The van der Waals surface area contributed by atoms with Crippen LogP contribution in [0.4, 0.5) is 11.6 Å². The molecule has 0 amide bonds. The van der Waals surface area contributed by atoms with Crippen LogP contribution >= 0.6 is 0 Å². The molecule has 2 heterocycles. The Kier molecular flexibility index (Phi) is 3.52. The van der Waals surface area contributed by atoms with E-state index in [1.54, 1.807) is 7.11 Å². The molecule has 0 radical (unpaired) electrons. The van der Waals surface area contributed by atoms with Gasteiger partial charge >= 0.3 is 0 Å². The van der Waals surface area contributed by atoms with Gasteiger partial charge in [-0.05, 0) is 24.6 Å². The van der Waals surface area contributed by atoms with E-state index in [9.17, 15) is 0 Å². The molecule has 0 aliphatic carbocycles. The first kappa shape index (κ1) is 12.9. The lowest BCUT2D eigenvalue weighted by Crippen LogP contribution is -2.26. The number of aryl methyl sites for hydroxylation is 1. The highest BCUT2D eigenvalue weighted by atomic mass is 16.5. The third kappa shape index (κ3) is 2.58. The Hall–Kier alpha value is -2.14. The molecule has 20 heavy (non-hydrogen) atoms. The van der Waals surface area contributed by atoms with Crippen molar-refractivity contribution in [2.24, 2.45) is 0 Å². The fraction of sp³-hybridized carbons (Fsp3) is 0.333. The molecule has 0 atom stereocenters. The van der Waals surface area contributed by atoms with Crippen LogP contribution in [0.15, 0.2) is 24.3 Å². The highest BCUT2D eigenvalue weighted by Crippen LogP contribution is 2.25. The summed E-state index contributed by atoms with van der Waals surface area (Å²) < 4.78 is 5.38. The summed E-state index contributed by atoms with van der Waals surface area (Å²) in [5.41, 5.74) is 4.31. The number of hydrogen-bond acceptors (Lipinski definition) is 5. The quantitative estimate of drug-likeness (QED) is 0.895. The molecule has 1 aromatic heterocycles. The summed E-state index contributed by atoms with van der Waals surface area (Å²) in [4.78, 5) is 9.05. The van der Waals surface area contributed by atoms with E-state index in [4.69, 9.17) is 4.74 Å². The molecule has 3 rings (SSSR count). The molecule has 0 fully saturated rings.